The van der Waals surface area contributed by atoms with Gasteiger partial charge in [-0.3, -0.25) is 9.59 Å². The molecule has 0 spiro atoms. The number of para-hydroxylation sites is 1. The van der Waals surface area contributed by atoms with Gasteiger partial charge in [0.05, 0.1) is 0 Å². The Morgan fingerprint density at radius 2 is 2.10 bits per heavy atom. The average molecular weight is 283 g/mol. The van der Waals surface area contributed by atoms with Crippen LogP contribution in [0.4, 0.5) is 0 Å². The molecule has 2 fully saturated rings. The van der Waals surface area contributed by atoms with Crippen LogP contribution >= 0.6 is 0 Å². The first-order chi connectivity index (χ1) is 10.2. The topological polar surface area (TPSA) is 65.2 Å². The number of hydrogen-bond acceptors (Lipinski definition) is 2. The number of H-pyrrole nitrogens is 1. The number of hydrogen-bond donors (Lipinski definition) is 2. The molecule has 2 atom stereocenters. The minimum absolute atomic E-state index is 0.00283. The SMILES string of the molecule is O=C1N[C@H](Cc2c[nH]c3ccccc23)C(=O)N2CCC[C@H]12. The predicted octanol–water partition coefficient (Wildman–Crippen LogP) is 1.20. The molecule has 1 aromatic heterocycles. The summed E-state index contributed by atoms with van der Waals surface area (Å²) >= 11 is 0. The van der Waals surface area contributed by atoms with Gasteiger partial charge in [-0.25, -0.2) is 0 Å². The quantitative estimate of drug-likeness (QED) is 0.870. The summed E-state index contributed by atoms with van der Waals surface area (Å²) in [6, 6.07) is 7.33. The molecule has 21 heavy (non-hydrogen) atoms. The highest BCUT2D eigenvalue weighted by Gasteiger charge is 2.42. The minimum atomic E-state index is -0.439. The van der Waals surface area contributed by atoms with Crippen molar-refractivity contribution < 1.29 is 9.59 Å². The zero-order valence-electron chi connectivity index (χ0n) is 11.6. The minimum Gasteiger partial charge on any atom is -0.361 e. The zero-order chi connectivity index (χ0) is 14.4. The summed E-state index contributed by atoms with van der Waals surface area (Å²) in [5, 5.41) is 4.01. The van der Waals surface area contributed by atoms with Gasteiger partial charge in [0.1, 0.15) is 12.1 Å². The number of aromatic amines is 1. The fourth-order valence-electron chi connectivity index (χ4n) is 3.49. The van der Waals surface area contributed by atoms with Crippen molar-refractivity contribution in [2.24, 2.45) is 0 Å². The Morgan fingerprint density at radius 1 is 1.24 bits per heavy atom. The number of carbonyl (C=O) groups is 2. The second-order valence-corrected chi connectivity index (χ2v) is 5.81. The van der Waals surface area contributed by atoms with Crippen molar-refractivity contribution in [2.45, 2.75) is 31.3 Å². The summed E-state index contributed by atoms with van der Waals surface area (Å²) in [4.78, 5) is 29.6. The molecule has 0 radical (unpaired) electrons. The van der Waals surface area contributed by atoms with Crippen LogP contribution in [0.5, 0.6) is 0 Å². The van der Waals surface area contributed by atoms with Crippen molar-refractivity contribution in [3.63, 3.8) is 0 Å². The number of piperazine rings is 1. The van der Waals surface area contributed by atoms with Gasteiger partial charge in [0, 0.05) is 30.1 Å². The Labute approximate surface area is 122 Å². The van der Waals surface area contributed by atoms with Gasteiger partial charge < -0.3 is 15.2 Å². The van der Waals surface area contributed by atoms with Gasteiger partial charge in [0.2, 0.25) is 11.8 Å². The van der Waals surface area contributed by atoms with Crippen molar-refractivity contribution in [2.75, 3.05) is 6.54 Å². The molecular formula is C16H17N3O2. The van der Waals surface area contributed by atoms with Gasteiger partial charge in [0.25, 0.3) is 0 Å². The van der Waals surface area contributed by atoms with Crippen molar-refractivity contribution in [3.8, 4) is 0 Å². The Morgan fingerprint density at radius 3 is 3.00 bits per heavy atom. The van der Waals surface area contributed by atoms with E-state index < -0.39 is 6.04 Å². The van der Waals surface area contributed by atoms with Crippen LogP contribution < -0.4 is 5.32 Å². The highest BCUT2D eigenvalue weighted by molar-refractivity contribution is 5.98. The van der Waals surface area contributed by atoms with E-state index in [0.717, 1.165) is 29.3 Å². The number of amides is 2. The van der Waals surface area contributed by atoms with Crippen molar-refractivity contribution in [3.05, 3.63) is 36.0 Å². The largest absolute Gasteiger partial charge is 0.361 e. The third-order valence-corrected chi connectivity index (χ3v) is 4.55. The summed E-state index contributed by atoms with van der Waals surface area (Å²) < 4.78 is 0. The molecular weight excluding hydrogens is 266 g/mol. The molecule has 0 saturated carbocycles. The maximum absolute atomic E-state index is 12.5. The van der Waals surface area contributed by atoms with E-state index in [9.17, 15) is 9.59 Å². The normalized spacial score (nSPS) is 25.2. The Kier molecular flexibility index (Phi) is 2.74. The lowest BCUT2D eigenvalue weighted by molar-refractivity contribution is -0.146. The van der Waals surface area contributed by atoms with E-state index in [1.807, 2.05) is 30.5 Å². The van der Waals surface area contributed by atoms with Crippen molar-refractivity contribution in [1.29, 1.82) is 0 Å². The molecule has 2 saturated heterocycles. The van der Waals surface area contributed by atoms with Crippen LogP contribution in [0.3, 0.4) is 0 Å². The highest BCUT2D eigenvalue weighted by atomic mass is 16.2. The van der Waals surface area contributed by atoms with Crippen LogP contribution in [0.2, 0.25) is 0 Å². The summed E-state index contributed by atoms with van der Waals surface area (Å²) in [6.07, 6.45) is 4.18. The van der Waals surface area contributed by atoms with Gasteiger partial charge in [-0.15, -0.1) is 0 Å². The molecule has 2 amide bonds. The molecule has 5 nitrogen and oxygen atoms in total. The molecule has 2 aliphatic heterocycles. The van der Waals surface area contributed by atoms with E-state index >= 15 is 0 Å². The second-order valence-electron chi connectivity index (χ2n) is 5.81. The number of carbonyl (C=O) groups excluding carboxylic acids is 2. The number of nitrogens with zero attached hydrogens (tertiary/aromatic N) is 1. The smallest absolute Gasteiger partial charge is 0.246 e. The van der Waals surface area contributed by atoms with E-state index in [0.29, 0.717) is 13.0 Å². The van der Waals surface area contributed by atoms with Gasteiger partial charge in [-0.05, 0) is 24.5 Å². The average Bonchev–Trinajstić information content (AvgIpc) is 3.12. The Hall–Kier alpha value is -2.30. The first kappa shape index (κ1) is 12.4. The van der Waals surface area contributed by atoms with E-state index in [-0.39, 0.29) is 17.9 Å². The number of aromatic nitrogens is 1. The lowest BCUT2D eigenvalue weighted by Gasteiger charge is -2.34. The zero-order valence-corrected chi connectivity index (χ0v) is 11.6. The maximum atomic E-state index is 12.5. The fraction of sp³-hybridized carbons (Fsp3) is 0.375. The molecule has 4 rings (SSSR count). The van der Waals surface area contributed by atoms with Gasteiger partial charge >= 0.3 is 0 Å². The molecule has 2 N–H and O–H groups in total. The van der Waals surface area contributed by atoms with Crippen LogP contribution in [0.25, 0.3) is 10.9 Å². The van der Waals surface area contributed by atoms with E-state index in [4.69, 9.17) is 0 Å². The van der Waals surface area contributed by atoms with E-state index in [1.165, 1.54) is 0 Å². The molecule has 5 heteroatoms. The third-order valence-electron chi connectivity index (χ3n) is 4.55. The van der Waals surface area contributed by atoms with Crippen LogP contribution in [0.15, 0.2) is 30.5 Å². The van der Waals surface area contributed by atoms with E-state index in [1.54, 1.807) is 4.90 Å². The lowest BCUT2D eigenvalue weighted by atomic mass is 10.0. The third kappa shape index (κ3) is 1.92. The summed E-state index contributed by atoms with van der Waals surface area (Å²) in [5.41, 5.74) is 2.13. The number of benzene rings is 1. The molecule has 2 aliphatic rings. The molecule has 0 unspecified atom stereocenters. The summed E-state index contributed by atoms with van der Waals surface area (Å²) in [7, 11) is 0. The van der Waals surface area contributed by atoms with Gasteiger partial charge in [-0.1, -0.05) is 18.2 Å². The summed E-state index contributed by atoms with van der Waals surface area (Å²) in [5.74, 6) is 0.0549. The number of rotatable bonds is 2. The molecule has 3 heterocycles. The van der Waals surface area contributed by atoms with Crippen LogP contribution in [0, 0.1) is 0 Å². The molecule has 2 aromatic rings. The molecule has 108 valence electrons. The van der Waals surface area contributed by atoms with Crippen LogP contribution in [0.1, 0.15) is 18.4 Å². The Balaban J connectivity index is 1.62. The van der Waals surface area contributed by atoms with Gasteiger partial charge in [0.15, 0.2) is 0 Å². The maximum Gasteiger partial charge on any atom is 0.246 e. The standard InChI is InChI=1S/C16H17N3O2/c20-15-14-6-3-7-19(14)16(21)13(18-15)8-10-9-17-12-5-2-1-4-11(10)12/h1-2,4-5,9,13-14,17H,3,6-8H2,(H,18,20)/t13-,14-/m1/s1. The van der Waals surface area contributed by atoms with Crippen molar-refractivity contribution >= 4 is 22.7 Å². The monoisotopic (exact) mass is 283 g/mol. The number of nitrogens with one attached hydrogen (secondary N) is 2. The second kappa shape index (κ2) is 4.62. The van der Waals surface area contributed by atoms with Crippen LogP contribution in [-0.2, 0) is 16.0 Å². The van der Waals surface area contributed by atoms with Crippen LogP contribution in [-0.4, -0.2) is 40.3 Å². The molecule has 0 aliphatic carbocycles. The predicted molar refractivity (Wildman–Crippen MR) is 78.7 cm³/mol. The Bertz CT molecular complexity index is 721. The molecule has 1 aromatic carbocycles. The highest BCUT2D eigenvalue weighted by Crippen LogP contribution is 2.25. The molecule has 0 bridgehead atoms. The fourth-order valence-corrected chi connectivity index (χ4v) is 3.49. The van der Waals surface area contributed by atoms with Crippen molar-refractivity contribution in [1.82, 2.24) is 15.2 Å². The first-order valence-electron chi connectivity index (χ1n) is 7.40. The van der Waals surface area contributed by atoms with E-state index in [2.05, 4.69) is 10.3 Å². The summed E-state index contributed by atoms with van der Waals surface area (Å²) in [6.45, 7) is 0.710. The lowest BCUT2D eigenvalue weighted by Crippen LogP contribution is -2.61. The number of fused-ring (bicyclic) bond motifs is 2. The van der Waals surface area contributed by atoms with Gasteiger partial charge in [-0.2, -0.15) is 0 Å². The first-order valence-corrected chi connectivity index (χ1v) is 7.40.